The van der Waals surface area contributed by atoms with Gasteiger partial charge < -0.3 is 10.1 Å². The van der Waals surface area contributed by atoms with Crippen molar-refractivity contribution >= 4 is 34.0 Å². The van der Waals surface area contributed by atoms with E-state index in [2.05, 4.69) is 15.3 Å². The van der Waals surface area contributed by atoms with Crippen LogP contribution < -0.4 is 10.1 Å². The molecule has 3 rings (SSSR count). The van der Waals surface area contributed by atoms with Crippen LogP contribution in [0, 0.1) is 0 Å². The van der Waals surface area contributed by atoms with Gasteiger partial charge in [0.15, 0.2) is 0 Å². The maximum absolute atomic E-state index is 5.98. The van der Waals surface area contributed by atoms with E-state index in [1.54, 1.807) is 0 Å². The molecule has 0 bridgehead atoms. The Morgan fingerprint density at radius 1 is 1.10 bits per heavy atom. The number of fused-ring (bicyclic) bond motifs is 1. The smallest absolute Gasteiger partial charge is 0.224 e. The standard InChI is InChI=1S/C16H14ClN3O/c1-2-21-12-7-5-6-11(10-12)18-15-13-8-3-4-9-14(13)19-16(17)20-15/h3-10H,2H2,1H3,(H,18,19,20). The minimum absolute atomic E-state index is 0.220. The Bertz CT molecular complexity index is 776. The SMILES string of the molecule is CCOc1cccc(Nc2nc(Cl)nc3ccccc23)c1. The van der Waals surface area contributed by atoms with Crippen molar-refractivity contribution in [2.75, 3.05) is 11.9 Å². The zero-order chi connectivity index (χ0) is 14.7. The molecular formula is C16H14ClN3O. The van der Waals surface area contributed by atoms with E-state index >= 15 is 0 Å². The molecule has 5 heteroatoms. The van der Waals surface area contributed by atoms with Crippen LogP contribution in [-0.4, -0.2) is 16.6 Å². The van der Waals surface area contributed by atoms with Crippen LogP contribution in [-0.2, 0) is 0 Å². The van der Waals surface area contributed by atoms with Gasteiger partial charge >= 0.3 is 0 Å². The van der Waals surface area contributed by atoms with Crippen LogP contribution in [0.25, 0.3) is 10.9 Å². The molecule has 0 unspecified atom stereocenters. The van der Waals surface area contributed by atoms with Crippen molar-refractivity contribution in [2.24, 2.45) is 0 Å². The number of hydrogen-bond acceptors (Lipinski definition) is 4. The molecule has 0 atom stereocenters. The number of ether oxygens (including phenoxy) is 1. The zero-order valence-electron chi connectivity index (χ0n) is 11.5. The minimum atomic E-state index is 0.220. The summed E-state index contributed by atoms with van der Waals surface area (Å²) >= 11 is 5.98. The summed E-state index contributed by atoms with van der Waals surface area (Å²) in [6.45, 7) is 2.59. The first-order valence-corrected chi connectivity index (χ1v) is 7.06. The van der Waals surface area contributed by atoms with Gasteiger partial charge in [-0.1, -0.05) is 18.2 Å². The molecular weight excluding hydrogens is 286 g/mol. The highest BCUT2D eigenvalue weighted by molar-refractivity contribution is 6.28. The molecule has 0 aliphatic carbocycles. The van der Waals surface area contributed by atoms with Gasteiger partial charge in [-0.2, -0.15) is 4.98 Å². The van der Waals surface area contributed by atoms with E-state index in [-0.39, 0.29) is 5.28 Å². The Labute approximate surface area is 127 Å². The zero-order valence-corrected chi connectivity index (χ0v) is 12.3. The fourth-order valence-electron chi connectivity index (χ4n) is 2.11. The monoisotopic (exact) mass is 299 g/mol. The van der Waals surface area contributed by atoms with Gasteiger partial charge in [0.2, 0.25) is 5.28 Å². The molecule has 0 amide bonds. The highest BCUT2D eigenvalue weighted by Gasteiger charge is 2.07. The van der Waals surface area contributed by atoms with Crippen molar-refractivity contribution in [1.82, 2.24) is 9.97 Å². The second kappa shape index (κ2) is 5.97. The Morgan fingerprint density at radius 3 is 2.81 bits per heavy atom. The number of halogens is 1. The number of aromatic nitrogens is 2. The molecule has 2 aromatic carbocycles. The fraction of sp³-hybridized carbons (Fsp3) is 0.125. The van der Waals surface area contributed by atoms with E-state index in [1.807, 2.05) is 55.5 Å². The molecule has 3 aromatic rings. The lowest BCUT2D eigenvalue weighted by Crippen LogP contribution is -1.98. The van der Waals surface area contributed by atoms with Gasteiger partial charge in [0.25, 0.3) is 0 Å². The Hall–Kier alpha value is -2.33. The number of hydrogen-bond donors (Lipinski definition) is 1. The van der Waals surface area contributed by atoms with E-state index in [0.29, 0.717) is 12.4 Å². The molecule has 0 saturated carbocycles. The van der Waals surface area contributed by atoms with E-state index < -0.39 is 0 Å². The molecule has 0 radical (unpaired) electrons. The third-order valence-corrected chi connectivity index (χ3v) is 3.15. The van der Waals surface area contributed by atoms with E-state index in [1.165, 1.54) is 0 Å². The number of nitrogens with zero attached hydrogens (tertiary/aromatic N) is 2. The van der Waals surface area contributed by atoms with Gasteiger partial charge in [0.05, 0.1) is 12.1 Å². The summed E-state index contributed by atoms with van der Waals surface area (Å²) < 4.78 is 5.50. The molecule has 1 heterocycles. The topological polar surface area (TPSA) is 47.0 Å². The van der Waals surface area contributed by atoms with Crippen molar-refractivity contribution in [3.63, 3.8) is 0 Å². The van der Waals surface area contributed by atoms with Crippen molar-refractivity contribution in [3.05, 3.63) is 53.8 Å². The number of nitrogens with one attached hydrogen (secondary N) is 1. The summed E-state index contributed by atoms with van der Waals surface area (Å²) in [7, 11) is 0. The number of rotatable bonds is 4. The maximum atomic E-state index is 5.98. The lowest BCUT2D eigenvalue weighted by atomic mass is 10.2. The largest absolute Gasteiger partial charge is 0.494 e. The van der Waals surface area contributed by atoms with Crippen LogP contribution in [0.5, 0.6) is 5.75 Å². The summed E-state index contributed by atoms with van der Waals surface area (Å²) in [6.07, 6.45) is 0. The van der Waals surface area contributed by atoms with Crippen molar-refractivity contribution in [1.29, 1.82) is 0 Å². The molecule has 0 fully saturated rings. The third-order valence-electron chi connectivity index (χ3n) is 2.98. The second-order valence-electron chi connectivity index (χ2n) is 4.44. The lowest BCUT2D eigenvalue weighted by molar-refractivity contribution is 0.340. The first-order chi connectivity index (χ1) is 10.3. The van der Waals surface area contributed by atoms with Crippen LogP contribution in [0.3, 0.4) is 0 Å². The molecule has 1 aromatic heterocycles. The summed E-state index contributed by atoms with van der Waals surface area (Å²) in [4.78, 5) is 8.49. The first kappa shape index (κ1) is 13.6. The minimum Gasteiger partial charge on any atom is -0.494 e. The third kappa shape index (κ3) is 3.06. The summed E-state index contributed by atoms with van der Waals surface area (Å²) in [5.74, 6) is 1.49. The Morgan fingerprint density at radius 2 is 1.95 bits per heavy atom. The van der Waals surface area contributed by atoms with E-state index in [9.17, 15) is 0 Å². The summed E-state index contributed by atoms with van der Waals surface area (Å²) in [5.41, 5.74) is 1.70. The normalized spacial score (nSPS) is 10.6. The quantitative estimate of drug-likeness (QED) is 0.724. The van der Waals surface area contributed by atoms with Gasteiger partial charge in [-0.05, 0) is 42.8 Å². The van der Waals surface area contributed by atoms with Crippen molar-refractivity contribution in [3.8, 4) is 5.75 Å². The van der Waals surface area contributed by atoms with Crippen LogP contribution in [0.15, 0.2) is 48.5 Å². The molecule has 0 spiro atoms. The molecule has 0 aliphatic rings. The van der Waals surface area contributed by atoms with Crippen LogP contribution >= 0.6 is 11.6 Å². The lowest BCUT2D eigenvalue weighted by Gasteiger charge is -2.10. The van der Waals surface area contributed by atoms with Crippen molar-refractivity contribution in [2.45, 2.75) is 6.92 Å². The van der Waals surface area contributed by atoms with Gasteiger partial charge in [-0.3, -0.25) is 0 Å². The number of benzene rings is 2. The highest BCUT2D eigenvalue weighted by atomic mass is 35.5. The maximum Gasteiger partial charge on any atom is 0.224 e. The summed E-state index contributed by atoms with van der Waals surface area (Å²) in [6, 6.07) is 15.5. The van der Waals surface area contributed by atoms with Crippen LogP contribution in [0.2, 0.25) is 5.28 Å². The Kier molecular flexibility index (Phi) is 3.88. The van der Waals surface area contributed by atoms with Crippen LogP contribution in [0.4, 0.5) is 11.5 Å². The molecule has 4 nitrogen and oxygen atoms in total. The van der Waals surface area contributed by atoms with Gasteiger partial charge in [0.1, 0.15) is 11.6 Å². The van der Waals surface area contributed by atoms with E-state index in [0.717, 1.165) is 22.3 Å². The Balaban J connectivity index is 1.99. The van der Waals surface area contributed by atoms with Gasteiger partial charge in [0, 0.05) is 17.1 Å². The average molecular weight is 300 g/mol. The molecule has 21 heavy (non-hydrogen) atoms. The highest BCUT2D eigenvalue weighted by Crippen LogP contribution is 2.26. The molecule has 0 aliphatic heterocycles. The second-order valence-corrected chi connectivity index (χ2v) is 4.78. The van der Waals surface area contributed by atoms with Crippen molar-refractivity contribution < 1.29 is 4.74 Å². The fourth-order valence-corrected chi connectivity index (χ4v) is 2.29. The predicted octanol–water partition coefficient (Wildman–Crippen LogP) is 4.43. The van der Waals surface area contributed by atoms with Gasteiger partial charge in [-0.15, -0.1) is 0 Å². The van der Waals surface area contributed by atoms with Gasteiger partial charge in [-0.25, -0.2) is 4.98 Å². The molecule has 0 saturated heterocycles. The predicted molar refractivity (Wildman–Crippen MR) is 85.4 cm³/mol. The average Bonchev–Trinajstić information content (AvgIpc) is 2.48. The summed E-state index contributed by atoms with van der Waals surface area (Å²) in [5, 5.41) is 4.41. The number of para-hydroxylation sites is 1. The molecule has 1 N–H and O–H groups in total. The number of anilines is 2. The van der Waals surface area contributed by atoms with Crippen LogP contribution in [0.1, 0.15) is 6.92 Å². The molecule has 106 valence electrons. The van der Waals surface area contributed by atoms with E-state index in [4.69, 9.17) is 16.3 Å². The first-order valence-electron chi connectivity index (χ1n) is 6.68.